The van der Waals surface area contributed by atoms with Crippen LogP contribution in [0, 0.1) is 0 Å². The summed E-state index contributed by atoms with van der Waals surface area (Å²) in [5.41, 5.74) is 6.93. The van der Waals surface area contributed by atoms with Gasteiger partial charge in [-0.25, -0.2) is 9.67 Å². The van der Waals surface area contributed by atoms with Gasteiger partial charge < -0.3 is 4.90 Å². The molecule has 0 radical (unpaired) electrons. The van der Waals surface area contributed by atoms with Crippen LogP contribution in [0.4, 0.5) is 0 Å². The number of carbonyl (C=O) groups excluding carboxylic acids is 2. The van der Waals surface area contributed by atoms with E-state index in [9.17, 15) is 9.59 Å². The van der Waals surface area contributed by atoms with Crippen LogP contribution in [0.3, 0.4) is 0 Å². The average molecular weight is 554 g/mol. The zero-order valence-corrected chi connectivity index (χ0v) is 24.5. The number of aromatic nitrogens is 4. The number of para-hydroxylation sites is 1. The summed E-state index contributed by atoms with van der Waals surface area (Å²) in [5.74, 6) is 0.0798. The van der Waals surface area contributed by atoms with Crippen LogP contribution in [0.25, 0.3) is 11.3 Å². The van der Waals surface area contributed by atoms with E-state index >= 15 is 0 Å². The Kier molecular flexibility index (Phi) is 7.72. The highest BCUT2D eigenvalue weighted by atomic mass is 32.1. The minimum atomic E-state index is -0.0212. The van der Waals surface area contributed by atoms with Crippen LogP contribution >= 0.6 is 11.3 Å². The van der Waals surface area contributed by atoms with Crippen LogP contribution in [0.2, 0.25) is 0 Å². The summed E-state index contributed by atoms with van der Waals surface area (Å²) in [6.45, 7) is 11.6. The number of rotatable bonds is 4. The molecule has 0 spiro atoms. The topological polar surface area (TPSA) is 72.5 Å². The summed E-state index contributed by atoms with van der Waals surface area (Å²) >= 11 is 1.57. The number of Topliss-reactive ketones (excluding diaryl/α,β-unsaturated/α-hetero) is 1. The number of amides is 1. The van der Waals surface area contributed by atoms with Crippen LogP contribution in [-0.2, 0) is 24.8 Å². The van der Waals surface area contributed by atoms with Gasteiger partial charge in [-0.2, -0.15) is 5.10 Å². The molecule has 5 heterocycles. The van der Waals surface area contributed by atoms with Crippen molar-refractivity contribution in [1.29, 1.82) is 0 Å². The van der Waals surface area contributed by atoms with Gasteiger partial charge in [0.2, 0.25) is 0 Å². The van der Waals surface area contributed by atoms with Gasteiger partial charge in [0, 0.05) is 39.7 Å². The highest BCUT2D eigenvalue weighted by Crippen LogP contribution is 2.30. The van der Waals surface area contributed by atoms with Crippen molar-refractivity contribution < 1.29 is 9.59 Å². The molecule has 1 aromatic carbocycles. The maximum atomic E-state index is 12.8. The number of pyridine rings is 1. The van der Waals surface area contributed by atoms with E-state index in [4.69, 9.17) is 5.10 Å². The summed E-state index contributed by atoms with van der Waals surface area (Å²) < 4.78 is 3.87. The van der Waals surface area contributed by atoms with Gasteiger partial charge in [0.1, 0.15) is 11.3 Å². The molecule has 4 aromatic heterocycles. The quantitative estimate of drug-likeness (QED) is 0.237. The number of benzene rings is 1. The summed E-state index contributed by atoms with van der Waals surface area (Å²) in [5, 5.41) is 6.65. The monoisotopic (exact) mass is 553 g/mol. The Bertz CT molecular complexity index is 1660. The van der Waals surface area contributed by atoms with Crippen molar-refractivity contribution in [2.45, 2.75) is 59.4 Å². The normalized spacial score (nSPS) is 13.1. The number of imidazole rings is 1. The van der Waals surface area contributed by atoms with Crippen molar-refractivity contribution in [2.24, 2.45) is 0 Å². The first-order valence-electron chi connectivity index (χ1n) is 13.6. The van der Waals surface area contributed by atoms with E-state index in [1.54, 1.807) is 24.5 Å². The third-order valence-electron chi connectivity index (χ3n) is 7.16. The molecule has 6 rings (SSSR count). The summed E-state index contributed by atoms with van der Waals surface area (Å²) in [7, 11) is 0. The molecule has 5 aromatic rings. The Balaban J connectivity index is 0.000000170. The predicted octanol–water partition coefficient (Wildman–Crippen LogP) is 6.53. The molecular formula is C32H35N5O2S. The van der Waals surface area contributed by atoms with Crippen LogP contribution in [-0.4, -0.2) is 42.3 Å². The lowest BCUT2D eigenvalue weighted by Crippen LogP contribution is -2.36. The lowest BCUT2D eigenvalue weighted by atomic mass is 9.92. The second-order valence-electron chi connectivity index (χ2n) is 11.0. The highest BCUT2D eigenvalue weighted by molar-refractivity contribution is 7.10. The Hall–Kier alpha value is -4.04. The van der Waals surface area contributed by atoms with E-state index in [2.05, 4.69) is 55.6 Å². The largest absolute Gasteiger partial charge is 0.332 e. The van der Waals surface area contributed by atoms with Gasteiger partial charge in [-0.15, -0.1) is 11.3 Å². The number of hydrogen-bond donors (Lipinski definition) is 0. The van der Waals surface area contributed by atoms with Gasteiger partial charge in [-0.1, -0.05) is 52.0 Å². The van der Waals surface area contributed by atoms with E-state index < -0.39 is 0 Å². The molecule has 0 fully saturated rings. The van der Waals surface area contributed by atoms with Crippen molar-refractivity contribution >= 4 is 28.7 Å². The fourth-order valence-corrected chi connectivity index (χ4v) is 6.03. The minimum Gasteiger partial charge on any atom is -0.332 e. The Morgan fingerprint density at radius 3 is 2.50 bits per heavy atom. The van der Waals surface area contributed by atoms with Gasteiger partial charge in [-0.3, -0.25) is 14.0 Å². The molecule has 1 amide bonds. The fraction of sp³-hybridized carbons (Fsp3) is 0.312. The predicted molar refractivity (Wildman–Crippen MR) is 160 cm³/mol. The summed E-state index contributed by atoms with van der Waals surface area (Å²) in [6.07, 6.45) is 5.21. The molecule has 40 heavy (non-hydrogen) atoms. The first-order valence-corrected chi connectivity index (χ1v) is 14.5. The van der Waals surface area contributed by atoms with Gasteiger partial charge in [0.15, 0.2) is 5.78 Å². The molecule has 0 N–H and O–H groups in total. The summed E-state index contributed by atoms with van der Waals surface area (Å²) in [4.78, 5) is 31.7. The van der Waals surface area contributed by atoms with Crippen molar-refractivity contribution in [3.8, 4) is 5.69 Å². The van der Waals surface area contributed by atoms with E-state index in [0.717, 1.165) is 45.9 Å². The van der Waals surface area contributed by atoms with Gasteiger partial charge in [0.25, 0.3) is 5.91 Å². The minimum absolute atomic E-state index is 0.0212. The number of fused-ring (bicyclic) bond motifs is 2. The molecule has 0 atom stereocenters. The third kappa shape index (κ3) is 5.49. The van der Waals surface area contributed by atoms with E-state index in [0.29, 0.717) is 18.8 Å². The molecule has 0 saturated heterocycles. The molecule has 0 saturated carbocycles. The number of aryl methyl sites for hydroxylation is 1. The molecule has 0 aliphatic carbocycles. The molecule has 8 heteroatoms. The molecule has 0 unspecified atom stereocenters. The van der Waals surface area contributed by atoms with Crippen molar-refractivity contribution in [3.63, 3.8) is 0 Å². The van der Waals surface area contributed by atoms with Crippen molar-refractivity contribution in [3.05, 3.63) is 105 Å². The van der Waals surface area contributed by atoms with E-state index in [-0.39, 0.29) is 17.1 Å². The summed E-state index contributed by atoms with van der Waals surface area (Å²) in [6, 6.07) is 18.2. The van der Waals surface area contributed by atoms with Gasteiger partial charge >= 0.3 is 0 Å². The van der Waals surface area contributed by atoms with Gasteiger partial charge in [-0.05, 0) is 55.7 Å². The van der Waals surface area contributed by atoms with Crippen LogP contribution in [0.5, 0.6) is 0 Å². The first-order chi connectivity index (χ1) is 19.2. The third-order valence-corrected chi connectivity index (χ3v) is 8.18. The molecule has 7 nitrogen and oxygen atoms in total. The number of nitrogens with zero attached hydrogens (tertiary/aromatic N) is 5. The molecular weight excluding hydrogens is 518 g/mol. The van der Waals surface area contributed by atoms with Gasteiger partial charge in [0.05, 0.1) is 24.1 Å². The Morgan fingerprint density at radius 1 is 1.05 bits per heavy atom. The Morgan fingerprint density at radius 2 is 1.80 bits per heavy atom. The Labute approximate surface area is 239 Å². The second kappa shape index (κ2) is 11.2. The van der Waals surface area contributed by atoms with E-state index in [1.807, 2.05) is 57.3 Å². The number of hydrogen-bond acceptors (Lipinski definition) is 5. The smallest absolute Gasteiger partial charge is 0.272 e. The molecule has 0 bridgehead atoms. The van der Waals surface area contributed by atoms with E-state index in [1.165, 1.54) is 5.69 Å². The molecule has 206 valence electrons. The van der Waals surface area contributed by atoms with Crippen LogP contribution < -0.4 is 0 Å². The SMILES string of the molecule is CC(=O)c1csc2c1CCN(C(=O)c1cnc3ccccn13)C2.CCc1cc(C(C)(C)C)nn1-c1ccccc1. The average Bonchev–Trinajstić information content (AvgIpc) is 3.69. The lowest BCUT2D eigenvalue weighted by Gasteiger charge is -2.27. The molecule has 1 aliphatic rings. The number of thiophene rings is 1. The highest BCUT2D eigenvalue weighted by Gasteiger charge is 2.27. The zero-order chi connectivity index (χ0) is 28.4. The fourth-order valence-electron chi connectivity index (χ4n) is 4.88. The van der Waals surface area contributed by atoms with Crippen LogP contribution in [0.15, 0.2) is 72.4 Å². The first kappa shape index (κ1) is 27.5. The maximum Gasteiger partial charge on any atom is 0.272 e. The number of carbonyl (C=O) groups is 2. The second-order valence-corrected chi connectivity index (χ2v) is 12.0. The zero-order valence-electron chi connectivity index (χ0n) is 23.7. The van der Waals surface area contributed by atoms with Crippen molar-refractivity contribution in [1.82, 2.24) is 24.1 Å². The van der Waals surface area contributed by atoms with Crippen LogP contribution in [0.1, 0.15) is 77.3 Å². The lowest BCUT2D eigenvalue weighted by molar-refractivity contribution is 0.0730. The number of ketones is 1. The maximum absolute atomic E-state index is 12.8. The standard InChI is InChI=1S/C17H15N3O2S.C15H20N2/c1-11(21)13-10-23-15-9-19(7-5-12(13)15)17(22)14-8-18-16-4-2-3-6-20(14)16;1-5-12-11-14(15(2,3)4)16-17(12)13-9-7-6-8-10-13/h2-4,6,8,10H,5,7,9H2,1H3;6-11H,5H2,1-4H3. The molecule has 1 aliphatic heterocycles. The van der Waals surface area contributed by atoms with Crippen molar-refractivity contribution in [2.75, 3.05) is 6.54 Å².